The molecule has 64 heavy (non-hydrogen) atoms. The van der Waals surface area contributed by atoms with Crippen LogP contribution in [0.15, 0.2) is 116 Å². The molecule has 0 amide bonds. The number of carbonyl (C=O) groups excluding carboxylic acids is 1. The first kappa shape index (κ1) is 49.1. The van der Waals surface area contributed by atoms with Gasteiger partial charge in [0, 0.05) is 5.69 Å². The maximum absolute atomic E-state index is 13.4. The Morgan fingerprint density at radius 2 is 1.39 bits per heavy atom. The summed E-state index contributed by atoms with van der Waals surface area (Å²) < 4.78 is 126. The number of azo groups is 2. The summed E-state index contributed by atoms with van der Waals surface area (Å²) in [6.07, 6.45) is 0. The Morgan fingerprint density at radius 3 is 1.98 bits per heavy atom. The Hall–Kier alpha value is -5.91. The minimum absolute atomic E-state index is 0. The van der Waals surface area contributed by atoms with Gasteiger partial charge in [-0.05, 0) is 78.3 Å². The molecular weight excluding hydrogens is 971 g/mol. The summed E-state index contributed by atoms with van der Waals surface area (Å²) in [6.45, 7) is -0.844. The van der Waals surface area contributed by atoms with Gasteiger partial charge in [-0.1, -0.05) is 0 Å². The topological polar surface area (TPSA) is 431 Å². The number of carbonyl (C=O) groups is 1. The average molecular weight is 993 g/mol. The molecule has 3 aromatic heterocycles. The number of rotatable bonds is 15. The summed E-state index contributed by atoms with van der Waals surface area (Å²) in [5, 5.41) is 29.1. The normalized spacial score (nSPS) is 12.9. The fraction of sp³-hybridized carbons (Fsp3) is 0.0667. The third kappa shape index (κ3) is 11.2. The minimum atomic E-state index is -5.06. The molecule has 0 aliphatic rings. The van der Waals surface area contributed by atoms with Crippen molar-refractivity contribution in [2.24, 2.45) is 25.4 Å². The van der Waals surface area contributed by atoms with Gasteiger partial charge in [-0.2, -0.15) is 44.9 Å². The van der Waals surface area contributed by atoms with E-state index in [-0.39, 0.29) is 72.9 Å². The molecule has 0 bridgehead atoms. The van der Waals surface area contributed by atoms with Crippen LogP contribution in [0.4, 0.5) is 45.9 Å². The molecule has 34 heteroatoms. The van der Waals surface area contributed by atoms with E-state index in [0.717, 1.165) is 54.6 Å². The van der Waals surface area contributed by atoms with Gasteiger partial charge in [0.15, 0.2) is 27.0 Å². The number of anilines is 3. The van der Waals surface area contributed by atoms with Crippen LogP contribution in [0.25, 0.3) is 0 Å². The van der Waals surface area contributed by atoms with Crippen molar-refractivity contribution in [3.8, 4) is 0 Å². The maximum Gasteiger partial charge on any atom is 1.00 e. The van der Waals surface area contributed by atoms with Crippen molar-refractivity contribution >= 4 is 104 Å². The number of fused-ring (bicyclic) bond motifs is 1. The van der Waals surface area contributed by atoms with Gasteiger partial charge in [-0.25, -0.2) is 22.1 Å². The van der Waals surface area contributed by atoms with E-state index in [1.54, 1.807) is 0 Å². The van der Waals surface area contributed by atoms with Crippen LogP contribution < -0.4 is 62.5 Å². The van der Waals surface area contributed by atoms with E-state index in [1.807, 2.05) is 0 Å². The molecule has 0 spiro atoms. The number of hydrogen-bond acceptors (Lipinski definition) is 22. The average Bonchev–Trinajstić information content (AvgIpc) is 3.60. The minimum Gasteiger partial charge on any atom is -0.543 e. The largest absolute Gasteiger partial charge is 1.00 e. The molecule has 6 rings (SSSR count). The number of aromatic carboxylic acids is 1. The van der Waals surface area contributed by atoms with Crippen molar-refractivity contribution in [1.82, 2.24) is 24.0 Å². The van der Waals surface area contributed by atoms with Crippen molar-refractivity contribution in [3.63, 3.8) is 0 Å². The predicted molar refractivity (Wildman–Crippen MR) is 210 cm³/mol. The number of hydrogen-bond donors (Lipinski definition) is 6. The van der Waals surface area contributed by atoms with E-state index in [2.05, 4.69) is 49.9 Å². The number of halogens is 1. The number of benzene rings is 3. The molecule has 0 saturated carbocycles. The fourth-order valence-electron chi connectivity index (χ4n) is 5.19. The van der Waals surface area contributed by atoms with Crippen molar-refractivity contribution in [3.05, 3.63) is 104 Å². The van der Waals surface area contributed by atoms with Crippen LogP contribution >= 0.6 is 11.6 Å². The number of H-pyrrole nitrogens is 1. The zero-order valence-electron chi connectivity index (χ0n) is 31.5. The quantitative estimate of drug-likeness (QED) is 0.0361. The molecule has 0 unspecified atom stereocenters. The molecule has 0 saturated heterocycles. The summed E-state index contributed by atoms with van der Waals surface area (Å²) in [4.78, 5) is 52.0. The standard InChI is InChI=1S/C30H23ClN12O16S4.Na/c31-28-35-29(33-14-1-6-17(7-2-14)60(48,49)12-11-59-63(56,57)58)37-30(36-28)34-16-5-10-20(62(53,54)55)19(13-16)39-41-22-24(32)43-25(44)21(23(27(46)47)42(43)26(22)45)40-38-15-3-8-18(9-4-15)61(50,51)52;/h1-10,13H,11-12,32H2,(H,46,47)(H,50,51,52)(H,53,54,55)(H,56,57,58)(H2,33,34,35,36,37);/q;+1/p-1. The van der Waals surface area contributed by atoms with Gasteiger partial charge in [-0.15, -0.1) is 15.3 Å². The van der Waals surface area contributed by atoms with Gasteiger partial charge in [0.2, 0.25) is 16.9 Å². The van der Waals surface area contributed by atoms with Crippen LogP contribution in [-0.4, -0.2) is 89.6 Å². The Morgan fingerprint density at radius 1 is 0.797 bits per heavy atom. The smallest absolute Gasteiger partial charge is 0.543 e. The van der Waals surface area contributed by atoms with Gasteiger partial charge < -0.3 is 21.0 Å². The molecule has 7 N–H and O–H groups in total. The summed E-state index contributed by atoms with van der Waals surface area (Å²) in [7, 11) is -18.5. The van der Waals surface area contributed by atoms with E-state index in [0.29, 0.717) is 4.52 Å². The molecule has 330 valence electrons. The Balaban J connectivity index is 0.00000771. The van der Waals surface area contributed by atoms with Crippen LogP contribution in [0, 0.1) is 0 Å². The first-order valence-corrected chi connectivity index (χ1v) is 22.7. The van der Waals surface area contributed by atoms with Crippen LogP contribution in [0.5, 0.6) is 0 Å². The van der Waals surface area contributed by atoms with Crippen LogP contribution in [0.3, 0.4) is 0 Å². The molecule has 3 aromatic carbocycles. The second kappa shape index (κ2) is 18.7. The SMILES string of the molecule is Nc1c(N=Nc2cc(N=c3nc(Nc4ccc(S(=O)(=O)CCOS(=O)(=O)O)cc4)nc(Cl)[nH]3)ccc2S(=O)(=O)O)c(=O)n2c(C(=O)[O-])c(N=Nc3ccc(S(=O)(=O)O)cc3)c(=O)n12.[Na+]. The van der Waals surface area contributed by atoms with Gasteiger partial charge in [0.1, 0.15) is 16.3 Å². The molecule has 0 fully saturated rings. The summed E-state index contributed by atoms with van der Waals surface area (Å²) in [5.74, 6) is -3.92. The van der Waals surface area contributed by atoms with Crippen LogP contribution in [0.2, 0.25) is 5.28 Å². The third-order valence-electron chi connectivity index (χ3n) is 7.89. The Bertz CT molecular complexity index is 3550. The van der Waals surface area contributed by atoms with Gasteiger partial charge in [-0.3, -0.25) is 28.2 Å². The van der Waals surface area contributed by atoms with Crippen molar-refractivity contribution in [1.29, 1.82) is 0 Å². The van der Waals surface area contributed by atoms with E-state index >= 15 is 0 Å². The summed E-state index contributed by atoms with van der Waals surface area (Å²) in [5.41, 5.74) is -0.763. The number of aromatic amines is 1. The van der Waals surface area contributed by atoms with Crippen LogP contribution in [-0.2, 0) is 44.7 Å². The number of carboxylic acid groups (broad SMARTS) is 1. The van der Waals surface area contributed by atoms with Gasteiger partial charge >= 0.3 is 51.1 Å². The van der Waals surface area contributed by atoms with Crippen LogP contribution in [0.1, 0.15) is 10.5 Å². The van der Waals surface area contributed by atoms with E-state index in [4.69, 9.17) is 26.4 Å². The number of nitrogens with one attached hydrogen (secondary N) is 2. The van der Waals surface area contributed by atoms with E-state index in [1.165, 1.54) is 12.1 Å². The van der Waals surface area contributed by atoms with Crippen molar-refractivity contribution in [2.75, 3.05) is 23.4 Å². The first-order valence-electron chi connectivity index (χ1n) is 16.4. The fourth-order valence-corrected chi connectivity index (χ4v) is 7.92. The van der Waals surface area contributed by atoms with Gasteiger partial charge in [0.05, 0.1) is 39.5 Å². The summed E-state index contributed by atoms with van der Waals surface area (Å²) >= 11 is 6.10. The molecular formula is C30H22ClN12NaO16S4. The van der Waals surface area contributed by atoms with Crippen molar-refractivity contribution in [2.45, 2.75) is 14.7 Å². The second-order valence-corrected chi connectivity index (χ2v) is 18.4. The van der Waals surface area contributed by atoms with Gasteiger partial charge in [0.25, 0.3) is 20.2 Å². The monoisotopic (exact) mass is 992 g/mol. The second-order valence-electron chi connectivity index (χ2n) is 12.1. The zero-order valence-corrected chi connectivity index (χ0v) is 37.5. The Labute approximate surface area is 383 Å². The van der Waals surface area contributed by atoms with E-state index in [9.17, 15) is 57.7 Å². The molecule has 3 heterocycles. The molecule has 28 nitrogen and oxygen atoms in total. The molecule has 0 aliphatic heterocycles. The van der Waals surface area contributed by atoms with Crippen molar-refractivity contribution < 1.29 is 91.0 Å². The first-order chi connectivity index (χ1) is 29.3. The Kier molecular flexibility index (Phi) is 14.3. The summed E-state index contributed by atoms with van der Waals surface area (Å²) in [6, 6.07) is 11.7. The molecule has 6 aromatic rings. The number of nitrogens with two attached hydrogens (primary N) is 1. The zero-order chi connectivity index (χ0) is 46.2. The third-order valence-corrected chi connectivity index (χ3v) is 12.0. The predicted octanol–water partition coefficient (Wildman–Crippen LogP) is -2.19. The number of aromatic nitrogens is 5. The number of sulfone groups is 1. The molecule has 0 atom stereocenters. The molecule has 0 radical (unpaired) electrons. The van der Waals surface area contributed by atoms with E-state index < -0.39 is 108 Å². The number of carboxylic acids is 1. The number of nitrogen functional groups attached to an aromatic ring is 1. The molecule has 0 aliphatic carbocycles. The number of nitrogens with zero attached hydrogens (tertiary/aromatic N) is 9. The maximum atomic E-state index is 13.4.